The zero-order chi connectivity index (χ0) is 15.4. The molecule has 0 saturated carbocycles. The van der Waals surface area contributed by atoms with E-state index in [4.69, 9.17) is 0 Å². The van der Waals surface area contributed by atoms with Crippen molar-refractivity contribution in [3.63, 3.8) is 0 Å². The van der Waals surface area contributed by atoms with E-state index in [0.717, 1.165) is 19.4 Å². The lowest BCUT2D eigenvalue weighted by Crippen LogP contribution is -2.42. The van der Waals surface area contributed by atoms with Crippen LogP contribution in [0.2, 0.25) is 0 Å². The van der Waals surface area contributed by atoms with Crippen molar-refractivity contribution in [1.29, 1.82) is 0 Å². The summed E-state index contributed by atoms with van der Waals surface area (Å²) >= 11 is 0. The van der Waals surface area contributed by atoms with Crippen molar-refractivity contribution in [2.45, 2.75) is 32.4 Å². The Morgan fingerprint density at radius 3 is 2.68 bits per heavy atom. The minimum atomic E-state index is 0. The Labute approximate surface area is 140 Å². The average Bonchev–Trinajstić information content (AvgIpc) is 2.46. The third-order valence-electron chi connectivity index (χ3n) is 4.20. The molecule has 4 nitrogen and oxygen atoms in total. The molecule has 1 heterocycles. The maximum atomic E-state index is 12.6. The van der Waals surface area contributed by atoms with Crippen LogP contribution in [0, 0.1) is 5.92 Å². The molecule has 1 aromatic rings. The minimum absolute atomic E-state index is 0. The zero-order valence-electron chi connectivity index (χ0n) is 14.0. The van der Waals surface area contributed by atoms with Crippen LogP contribution in [0.25, 0.3) is 0 Å². The average molecular weight is 326 g/mol. The van der Waals surface area contributed by atoms with E-state index >= 15 is 0 Å². The summed E-state index contributed by atoms with van der Waals surface area (Å²) < 4.78 is 0. The molecule has 5 heteroatoms. The number of anilines is 1. The van der Waals surface area contributed by atoms with Gasteiger partial charge in [0.05, 0.1) is 0 Å². The first-order valence-corrected chi connectivity index (χ1v) is 7.72. The lowest BCUT2D eigenvalue weighted by atomic mass is 9.92. The largest absolute Gasteiger partial charge is 0.378 e. The Kier molecular flexibility index (Phi) is 7.17. The number of carbonyl (C=O) groups is 1. The monoisotopic (exact) mass is 325 g/mol. The van der Waals surface area contributed by atoms with Gasteiger partial charge < -0.3 is 15.1 Å². The van der Waals surface area contributed by atoms with Crippen LogP contribution in [-0.2, 0) is 11.3 Å². The molecule has 2 rings (SSSR count). The van der Waals surface area contributed by atoms with Gasteiger partial charge >= 0.3 is 0 Å². The molecule has 0 spiro atoms. The first-order valence-electron chi connectivity index (χ1n) is 7.72. The molecule has 124 valence electrons. The Balaban J connectivity index is 0.00000242. The molecule has 0 aromatic heterocycles. The first kappa shape index (κ1) is 18.8. The summed E-state index contributed by atoms with van der Waals surface area (Å²) in [4.78, 5) is 16.5. The molecule has 1 aliphatic rings. The molecule has 0 unspecified atom stereocenters. The SMILES string of the molecule is C[C@H]1C[C@@H](C(=O)N(C)Cc2cccc(N(C)C)c2)CCN1.Cl. The molecule has 1 N–H and O–H groups in total. The summed E-state index contributed by atoms with van der Waals surface area (Å²) in [5.41, 5.74) is 2.35. The second kappa shape index (κ2) is 8.39. The van der Waals surface area contributed by atoms with Crippen molar-refractivity contribution in [3.8, 4) is 0 Å². The molecule has 1 amide bonds. The van der Waals surface area contributed by atoms with Crippen molar-refractivity contribution >= 4 is 24.0 Å². The van der Waals surface area contributed by atoms with Crippen LogP contribution in [0.1, 0.15) is 25.3 Å². The quantitative estimate of drug-likeness (QED) is 0.924. The van der Waals surface area contributed by atoms with Crippen molar-refractivity contribution in [2.24, 2.45) is 5.92 Å². The van der Waals surface area contributed by atoms with Gasteiger partial charge in [0.1, 0.15) is 0 Å². The van der Waals surface area contributed by atoms with E-state index in [9.17, 15) is 4.79 Å². The van der Waals surface area contributed by atoms with Gasteiger partial charge in [0, 0.05) is 45.3 Å². The molecule has 0 bridgehead atoms. The number of hydrogen-bond acceptors (Lipinski definition) is 3. The number of carbonyl (C=O) groups excluding carboxylic acids is 1. The van der Waals surface area contributed by atoms with E-state index in [1.165, 1.54) is 11.3 Å². The fourth-order valence-electron chi connectivity index (χ4n) is 2.95. The molecule has 1 aromatic carbocycles. The normalized spacial score (nSPS) is 20.9. The highest BCUT2D eigenvalue weighted by Crippen LogP contribution is 2.20. The van der Waals surface area contributed by atoms with Gasteiger partial charge in [-0.25, -0.2) is 0 Å². The second-order valence-electron chi connectivity index (χ2n) is 6.34. The standard InChI is InChI=1S/C17H27N3O.ClH/c1-13-10-15(8-9-18-13)17(21)20(4)12-14-6-5-7-16(11-14)19(2)3;/h5-7,11,13,15,18H,8-10,12H2,1-4H3;1H/t13-,15-;/m0./s1. The van der Waals surface area contributed by atoms with Crippen molar-refractivity contribution in [2.75, 3.05) is 32.6 Å². The van der Waals surface area contributed by atoms with Gasteiger partial charge in [-0.05, 0) is 44.0 Å². The fourth-order valence-corrected chi connectivity index (χ4v) is 2.95. The maximum absolute atomic E-state index is 12.6. The summed E-state index contributed by atoms with van der Waals surface area (Å²) in [5, 5.41) is 3.40. The topological polar surface area (TPSA) is 35.6 Å². The third-order valence-corrected chi connectivity index (χ3v) is 4.20. The summed E-state index contributed by atoms with van der Waals surface area (Å²) in [6.45, 7) is 3.78. The number of amides is 1. The zero-order valence-corrected chi connectivity index (χ0v) is 14.8. The van der Waals surface area contributed by atoms with Crippen LogP contribution in [-0.4, -0.2) is 44.5 Å². The summed E-state index contributed by atoms with van der Waals surface area (Å²) in [7, 11) is 5.98. The van der Waals surface area contributed by atoms with Gasteiger partial charge in [0.2, 0.25) is 5.91 Å². The highest BCUT2D eigenvalue weighted by Gasteiger charge is 2.26. The number of nitrogens with zero attached hydrogens (tertiary/aromatic N) is 2. The van der Waals surface area contributed by atoms with Crippen LogP contribution < -0.4 is 10.2 Å². The number of hydrogen-bond donors (Lipinski definition) is 1. The van der Waals surface area contributed by atoms with Gasteiger partial charge in [-0.3, -0.25) is 4.79 Å². The number of rotatable bonds is 4. The van der Waals surface area contributed by atoms with Crippen LogP contribution in [0.4, 0.5) is 5.69 Å². The highest BCUT2D eigenvalue weighted by molar-refractivity contribution is 5.85. The van der Waals surface area contributed by atoms with E-state index in [1.54, 1.807) is 0 Å². The molecular formula is C17H28ClN3O. The molecular weight excluding hydrogens is 298 g/mol. The predicted octanol–water partition coefficient (Wildman–Crippen LogP) is 2.52. The lowest BCUT2D eigenvalue weighted by Gasteiger charge is -2.30. The van der Waals surface area contributed by atoms with Crippen LogP contribution in [0.3, 0.4) is 0 Å². The smallest absolute Gasteiger partial charge is 0.225 e. The Bertz CT molecular complexity index is 493. The Morgan fingerprint density at radius 1 is 1.32 bits per heavy atom. The number of halogens is 1. The van der Waals surface area contributed by atoms with E-state index in [0.29, 0.717) is 12.6 Å². The van der Waals surface area contributed by atoms with Crippen molar-refractivity contribution in [3.05, 3.63) is 29.8 Å². The number of piperidine rings is 1. The Hall–Kier alpha value is -1.26. The van der Waals surface area contributed by atoms with Gasteiger partial charge in [0.15, 0.2) is 0 Å². The van der Waals surface area contributed by atoms with E-state index in [1.807, 2.05) is 26.0 Å². The molecule has 0 aliphatic carbocycles. The summed E-state index contributed by atoms with van der Waals surface area (Å²) in [6.07, 6.45) is 1.90. The van der Waals surface area contributed by atoms with Gasteiger partial charge in [-0.1, -0.05) is 12.1 Å². The molecule has 2 atom stereocenters. The van der Waals surface area contributed by atoms with Gasteiger partial charge in [-0.2, -0.15) is 0 Å². The van der Waals surface area contributed by atoms with Crippen molar-refractivity contribution < 1.29 is 4.79 Å². The van der Waals surface area contributed by atoms with E-state index < -0.39 is 0 Å². The van der Waals surface area contributed by atoms with Gasteiger partial charge in [0.25, 0.3) is 0 Å². The van der Waals surface area contributed by atoms with Crippen molar-refractivity contribution in [1.82, 2.24) is 10.2 Å². The summed E-state index contributed by atoms with van der Waals surface area (Å²) in [6, 6.07) is 8.81. The first-order chi connectivity index (χ1) is 9.97. The molecule has 22 heavy (non-hydrogen) atoms. The summed E-state index contributed by atoms with van der Waals surface area (Å²) in [5.74, 6) is 0.446. The fraction of sp³-hybridized carbons (Fsp3) is 0.588. The highest BCUT2D eigenvalue weighted by atomic mass is 35.5. The predicted molar refractivity (Wildman–Crippen MR) is 94.7 cm³/mol. The molecule has 1 aliphatic heterocycles. The Morgan fingerprint density at radius 2 is 2.05 bits per heavy atom. The third kappa shape index (κ3) is 4.89. The van der Waals surface area contributed by atoms with E-state index in [2.05, 4.69) is 41.4 Å². The molecule has 1 fully saturated rings. The van der Waals surface area contributed by atoms with Crippen LogP contribution in [0.5, 0.6) is 0 Å². The number of benzene rings is 1. The van der Waals surface area contributed by atoms with Crippen LogP contribution >= 0.6 is 12.4 Å². The molecule has 1 saturated heterocycles. The van der Waals surface area contributed by atoms with E-state index in [-0.39, 0.29) is 24.2 Å². The maximum Gasteiger partial charge on any atom is 0.225 e. The second-order valence-corrected chi connectivity index (χ2v) is 6.34. The number of nitrogens with one attached hydrogen (secondary N) is 1. The van der Waals surface area contributed by atoms with Gasteiger partial charge in [-0.15, -0.1) is 12.4 Å². The van der Waals surface area contributed by atoms with Crippen LogP contribution in [0.15, 0.2) is 24.3 Å². The lowest BCUT2D eigenvalue weighted by molar-refractivity contribution is -0.135. The minimum Gasteiger partial charge on any atom is -0.378 e. The molecule has 0 radical (unpaired) electrons.